The third-order valence-corrected chi connectivity index (χ3v) is 4.94. The highest BCUT2D eigenvalue weighted by atomic mass is 16.4. The fraction of sp³-hybridized carbons (Fsp3) is 0.381. The highest BCUT2D eigenvalue weighted by Crippen LogP contribution is 2.27. The molecule has 1 N–H and O–H groups in total. The second-order valence-corrected chi connectivity index (χ2v) is 7.10. The summed E-state index contributed by atoms with van der Waals surface area (Å²) in [7, 11) is 1.92. The predicted molar refractivity (Wildman–Crippen MR) is 103 cm³/mol. The minimum atomic E-state index is -0.920. The Morgan fingerprint density at radius 1 is 1.26 bits per heavy atom. The summed E-state index contributed by atoms with van der Waals surface area (Å²) in [6, 6.07) is 12.8. The molecule has 1 saturated heterocycles. The lowest BCUT2D eigenvalue weighted by Crippen LogP contribution is -2.43. The lowest BCUT2D eigenvalue weighted by atomic mass is 9.89. The maximum absolute atomic E-state index is 12.7. The summed E-state index contributed by atoms with van der Waals surface area (Å²) < 4.78 is 0. The van der Waals surface area contributed by atoms with Gasteiger partial charge in [-0.2, -0.15) is 0 Å². The van der Waals surface area contributed by atoms with Crippen molar-refractivity contribution in [2.24, 2.45) is 0 Å². The van der Waals surface area contributed by atoms with E-state index >= 15 is 0 Å². The predicted octanol–water partition coefficient (Wildman–Crippen LogP) is 2.62. The number of likely N-dealkylation sites (tertiary alicyclic amines) is 1. The molecule has 1 aliphatic rings. The SMILES string of the molecule is CN(CC(=O)N1CCC[C@H](c2cccc(C(=O)O)c2)C1)Cc1ccccn1. The van der Waals surface area contributed by atoms with Crippen molar-refractivity contribution in [3.63, 3.8) is 0 Å². The van der Waals surface area contributed by atoms with Gasteiger partial charge in [-0.1, -0.05) is 18.2 Å². The average Bonchev–Trinajstić information content (AvgIpc) is 2.69. The van der Waals surface area contributed by atoms with E-state index in [1.807, 2.05) is 41.1 Å². The zero-order valence-corrected chi connectivity index (χ0v) is 15.5. The second kappa shape index (κ2) is 8.77. The molecule has 1 aliphatic heterocycles. The van der Waals surface area contributed by atoms with Gasteiger partial charge in [-0.3, -0.25) is 14.7 Å². The quantitative estimate of drug-likeness (QED) is 0.850. The first-order valence-corrected chi connectivity index (χ1v) is 9.22. The molecule has 2 heterocycles. The summed E-state index contributed by atoms with van der Waals surface area (Å²) in [4.78, 5) is 32.1. The summed E-state index contributed by atoms with van der Waals surface area (Å²) in [5.74, 6) is -0.632. The standard InChI is InChI=1S/C21H25N3O3/c1-23(14-19-9-2-3-10-22-19)15-20(25)24-11-5-8-18(13-24)16-6-4-7-17(12-16)21(26)27/h2-4,6-7,9-10,12,18H,5,8,11,13-15H2,1H3,(H,26,27)/t18-/m0/s1. The Labute approximate surface area is 159 Å². The molecule has 1 fully saturated rings. The smallest absolute Gasteiger partial charge is 0.335 e. The van der Waals surface area contributed by atoms with Gasteiger partial charge in [0.15, 0.2) is 0 Å². The number of benzene rings is 1. The molecule has 0 saturated carbocycles. The Hall–Kier alpha value is -2.73. The van der Waals surface area contributed by atoms with E-state index in [0.29, 0.717) is 25.2 Å². The van der Waals surface area contributed by atoms with Crippen LogP contribution in [0.4, 0.5) is 0 Å². The maximum atomic E-state index is 12.7. The summed E-state index contributed by atoms with van der Waals surface area (Å²) >= 11 is 0. The molecular weight excluding hydrogens is 342 g/mol. The molecule has 0 unspecified atom stereocenters. The number of amides is 1. The summed E-state index contributed by atoms with van der Waals surface area (Å²) in [5.41, 5.74) is 2.23. The van der Waals surface area contributed by atoms with E-state index in [2.05, 4.69) is 4.98 Å². The van der Waals surface area contributed by atoms with E-state index in [9.17, 15) is 14.7 Å². The Kier molecular flexibility index (Phi) is 6.19. The number of aromatic carboxylic acids is 1. The van der Waals surface area contributed by atoms with E-state index in [1.54, 1.807) is 24.4 Å². The van der Waals surface area contributed by atoms with Crippen molar-refractivity contribution < 1.29 is 14.7 Å². The largest absolute Gasteiger partial charge is 0.478 e. The molecule has 6 nitrogen and oxygen atoms in total. The first-order chi connectivity index (χ1) is 13.0. The molecule has 0 bridgehead atoms. The molecule has 6 heteroatoms. The average molecular weight is 367 g/mol. The maximum Gasteiger partial charge on any atom is 0.335 e. The van der Waals surface area contributed by atoms with Gasteiger partial charge < -0.3 is 10.0 Å². The van der Waals surface area contributed by atoms with Crippen LogP contribution in [0.3, 0.4) is 0 Å². The van der Waals surface area contributed by atoms with Crippen molar-refractivity contribution in [3.8, 4) is 0 Å². The van der Waals surface area contributed by atoms with Gasteiger partial charge in [-0.25, -0.2) is 4.79 Å². The van der Waals surface area contributed by atoms with Gasteiger partial charge >= 0.3 is 5.97 Å². The van der Waals surface area contributed by atoms with Gasteiger partial charge in [0.2, 0.25) is 5.91 Å². The van der Waals surface area contributed by atoms with Crippen molar-refractivity contribution in [1.29, 1.82) is 0 Å². The summed E-state index contributed by atoms with van der Waals surface area (Å²) in [5, 5.41) is 9.19. The number of carboxylic acid groups (broad SMARTS) is 1. The number of nitrogens with zero attached hydrogens (tertiary/aromatic N) is 3. The Balaban J connectivity index is 1.59. The molecule has 3 rings (SSSR count). The Morgan fingerprint density at radius 3 is 2.85 bits per heavy atom. The van der Waals surface area contributed by atoms with Crippen LogP contribution in [0.2, 0.25) is 0 Å². The van der Waals surface area contributed by atoms with Crippen LogP contribution in [0.25, 0.3) is 0 Å². The van der Waals surface area contributed by atoms with Crippen molar-refractivity contribution in [3.05, 3.63) is 65.5 Å². The first-order valence-electron chi connectivity index (χ1n) is 9.22. The highest BCUT2D eigenvalue weighted by Gasteiger charge is 2.25. The van der Waals surface area contributed by atoms with Crippen LogP contribution in [0.15, 0.2) is 48.7 Å². The van der Waals surface area contributed by atoms with E-state index < -0.39 is 5.97 Å². The molecular formula is C21H25N3O3. The zero-order chi connectivity index (χ0) is 19.2. The monoisotopic (exact) mass is 367 g/mol. The van der Waals surface area contributed by atoms with Gasteiger partial charge in [0.25, 0.3) is 0 Å². The van der Waals surface area contributed by atoms with Gasteiger partial charge in [0.05, 0.1) is 17.8 Å². The lowest BCUT2D eigenvalue weighted by Gasteiger charge is -2.34. The van der Waals surface area contributed by atoms with Crippen molar-refractivity contribution in [2.75, 3.05) is 26.7 Å². The van der Waals surface area contributed by atoms with E-state index in [0.717, 1.165) is 30.6 Å². The zero-order valence-electron chi connectivity index (χ0n) is 15.5. The molecule has 0 spiro atoms. The van der Waals surface area contributed by atoms with Crippen LogP contribution in [0.5, 0.6) is 0 Å². The number of carbonyl (C=O) groups is 2. The number of pyridine rings is 1. The van der Waals surface area contributed by atoms with E-state index in [1.165, 1.54) is 0 Å². The number of rotatable bonds is 6. The van der Waals surface area contributed by atoms with Crippen LogP contribution < -0.4 is 0 Å². The van der Waals surface area contributed by atoms with Crippen LogP contribution in [0, 0.1) is 0 Å². The number of carbonyl (C=O) groups excluding carboxylic acids is 1. The van der Waals surface area contributed by atoms with E-state index in [4.69, 9.17) is 0 Å². The van der Waals surface area contributed by atoms with Crippen LogP contribution >= 0.6 is 0 Å². The Morgan fingerprint density at radius 2 is 2.11 bits per heavy atom. The third kappa shape index (κ3) is 5.14. The molecule has 1 aromatic carbocycles. The number of piperidine rings is 1. The molecule has 2 aromatic rings. The lowest BCUT2D eigenvalue weighted by molar-refractivity contribution is -0.133. The minimum Gasteiger partial charge on any atom is -0.478 e. The first kappa shape index (κ1) is 19.0. The van der Waals surface area contributed by atoms with Gasteiger partial charge in [-0.15, -0.1) is 0 Å². The molecule has 1 amide bonds. The summed E-state index contributed by atoms with van der Waals surface area (Å²) in [6.07, 6.45) is 3.65. The van der Waals surface area contributed by atoms with Crippen molar-refractivity contribution in [1.82, 2.24) is 14.8 Å². The fourth-order valence-electron chi connectivity index (χ4n) is 3.56. The van der Waals surface area contributed by atoms with Gasteiger partial charge in [0.1, 0.15) is 0 Å². The van der Waals surface area contributed by atoms with E-state index in [-0.39, 0.29) is 11.8 Å². The molecule has 0 radical (unpaired) electrons. The molecule has 142 valence electrons. The number of aromatic nitrogens is 1. The highest BCUT2D eigenvalue weighted by molar-refractivity contribution is 5.87. The van der Waals surface area contributed by atoms with Crippen molar-refractivity contribution >= 4 is 11.9 Å². The molecule has 1 aromatic heterocycles. The van der Waals surface area contributed by atoms with Crippen molar-refractivity contribution in [2.45, 2.75) is 25.3 Å². The molecule has 1 atom stereocenters. The number of likely N-dealkylation sites (N-methyl/N-ethyl adjacent to an activating group) is 1. The number of hydrogen-bond donors (Lipinski definition) is 1. The number of hydrogen-bond acceptors (Lipinski definition) is 4. The van der Waals surface area contributed by atoms with Gasteiger partial charge in [-0.05, 0) is 49.7 Å². The minimum absolute atomic E-state index is 0.104. The fourth-order valence-corrected chi connectivity index (χ4v) is 3.56. The second-order valence-electron chi connectivity index (χ2n) is 7.10. The van der Waals surface area contributed by atoms with Crippen LogP contribution in [0.1, 0.15) is 40.4 Å². The normalized spacial score (nSPS) is 17.1. The van der Waals surface area contributed by atoms with Crippen LogP contribution in [-0.4, -0.2) is 58.4 Å². The number of carboxylic acids is 1. The van der Waals surface area contributed by atoms with Crippen LogP contribution in [-0.2, 0) is 11.3 Å². The topological polar surface area (TPSA) is 73.7 Å². The van der Waals surface area contributed by atoms with Gasteiger partial charge in [0, 0.05) is 31.7 Å². The summed E-state index contributed by atoms with van der Waals surface area (Å²) in [6.45, 7) is 2.37. The third-order valence-electron chi connectivity index (χ3n) is 4.94. The molecule has 0 aliphatic carbocycles. The Bertz CT molecular complexity index is 794. The molecule has 27 heavy (non-hydrogen) atoms.